The fourth-order valence-corrected chi connectivity index (χ4v) is 2.54. The molecule has 0 spiro atoms. The van der Waals surface area contributed by atoms with Crippen LogP contribution in [0.3, 0.4) is 0 Å². The van der Waals surface area contributed by atoms with E-state index in [4.69, 9.17) is 0 Å². The van der Waals surface area contributed by atoms with Gasteiger partial charge in [-0.3, -0.25) is 4.70 Å². The molecule has 106 valence electrons. The molecule has 0 aromatic carbocycles. The van der Waals surface area contributed by atoms with Crippen molar-refractivity contribution in [3.8, 4) is 0 Å². The number of halogens is 1. The summed E-state index contributed by atoms with van der Waals surface area (Å²) in [7, 11) is 0. The molecule has 17 heavy (non-hydrogen) atoms. The highest BCUT2D eigenvalue weighted by Crippen LogP contribution is 2.26. The standard InChI is InChI=1S/C15H33N.FH/c1-5-9-12-15(11-7-3,13-10-6-2)16-14-8-4;/h16H,5-14H2,1-4H3;1H. The third kappa shape index (κ3) is 8.59. The van der Waals surface area contributed by atoms with Crippen molar-refractivity contribution in [1.82, 2.24) is 5.32 Å². The van der Waals surface area contributed by atoms with Crippen LogP contribution in [0.1, 0.15) is 85.5 Å². The van der Waals surface area contributed by atoms with E-state index in [1.165, 1.54) is 64.3 Å². The van der Waals surface area contributed by atoms with Crippen LogP contribution in [0.25, 0.3) is 0 Å². The number of rotatable bonds is 11. The maximum Gasteiger partial charge on any atom is 0.0181 e. The molecule has 0 rings (SSSR count). The molecule has 0 aromatic rings. The molecule has 0 aromatic heterocycles. The van der Waals surface area contributed by atoms with Crippen molar-refractivity contribution < 1.29 is 4.70 Å². The molecule has 0 saturated carbocycles. The Morgan fingerprint density at radius 1 is 0.706 bits per heavy atom. The van der Waals surface area contributed by atoms with E-state index in [0.717, 1.165) is 0 Å². The summed E-state index contributed by atoms with van der Waals surface area (Å²) in [6.07, 6.45) is 12.1. The van der Waals surface area contributed by atoms with Gasteiger partial charge in [0.1, 0.15) is 0 Å². The molecule has 0 radical (unpaired) electrons. The molecular weight excluding hydrogens is 213 g/mol. The normalized spacial score (nSPS) is 11.3. The second-order valence-corrected chi connectivity index (χ2v) is 5.16. The quantitative estimate of drug-likeness (QED) is 0.538. The predicted octanol–water partition coefficient (Wildman–Crippen LogP) is 5.06. The maximum absolute atomic E-state index is 3.85. The van der Waals surface area contributed by atoms with Gasteiger partial charge in [-0.05, 0) is 32.2 Å². The van der Waals surface area contributed by atoms with Crippen molar-refractivity contribution in [2.75, 3.05) is 6.54 Å². The van der Waals surface area contributed by atoms with Crippen molar-refractivity contribution in [3.05, 3.63) is 0 Å². The molecule has 0 amide bonds. The van der Waals surface area contributed by atoms with Crippen LogP contribution in [0.15, 0.2) is 0 Å². The van der Waals surface area contributed by atoms with Gasteiger partial charge >= 0.3 is 0 Å². The van der Waals surface area contributed by atoms with Gasteiger partial charge in [-0.15, -0.1) is 0 Å². The molecule has 0 unspecified atom stereocenters. The third-order valence-corrected chi connectivity index (χ3v) is 3.50. The summed E-state index contributed by atoms with van der Waals surface area (Å²) in [5.41, 5.74) is 0.455. The first-order valence-corrected chi connectivity index (χ1v) is 7.49. The minimum Gasteiger partial charge on any atom is -0.311 e. The zero-order valence-electron chi connectivity index (χ0n) is 12.5. The molecule has 0 fully saturated rings. The summed E-state index contributed by atoms with van der Waals surface area (Å²) in [5.74, 6) is 0. The minimum atomic E-state index is 0. The Morgan fingerprint density at radius 3 is 1.59 bits per heavy atom. The smallest absolute Gasteiger partial charge is 0.0181 e. The highest BCUT2D eigenvalue weighted by molar-refractivity contribution is 4.87. The Hall–Kier alpha value is -0.110. The molecule has 0 bridgehead atoms. The topological polar surface area (TPSA) is 12.0 Å². The molecule has 0 aliphatic carbocycles. The van der Waals surface area contributed by atoms with Crippen molar-refractivity contribution >= 4 is 0 Å². The van der Waals surface area contributed by atoms with E-state index in [2.05, 4.69) is 33.0 Å². The monoisotopic (exact) mass is 247 g/mol. The van der Waals surface area contributed by atoms with E-state index in [0.29, 0.717) is 5.54 Å². The van der Waals surface area contributed by atoms with Crippen LogP contribution in [0.2, 0.25) is 0 Å². The first-order valence-electron chi connectivity index (χ1n) is 7.49. The largest absolute Gasteiger partial charge is 0.311 e. The minimum absolute atomic E-state index is 0. The van der Waals surface area contributed by atoms with Crippen molar-refractivity contribution in [1.29, 1.82) is 0 Å². The first kappa shape index (κ1) is 19.2. The Bertz CT molecular complexity index is 126. The number of hydrogen-bond donors (Lipinski definition) is 1. The van der Waals surface area contributed by atoms with E-state index in [-0.39, 0.29) is 4.70 Å². The second kappa shape index (κ2) is 12.3. The molecule has 2 heteroatoms. The summed E-state index contributed by atoms with van der Waals surface area (Å²) in [6, 6.07) is 0. The van der Waals surface area contributed by atoms with E-state index in [1.807, 2.05) is 0 Å². The average molecular weight is 247 g/mol. The van der Waals surface area contributed by atoms with Crippen LogP contribution in [0, 0.1) is 0 Å². The summed E-state index contributed by atoms with van der Waals surface area (Å²) in [4.78, 5) is 0. The lowest BCUT2D eigenvalue weighted by atomic mass is 9.83. The van der Waals surface area contributed by atoms with Crippen LogP contribution >= 0.6 is 0 Å². The maximum atomic E-state index is 3.85. The molecule has 0 aliphatic rings. The van der Waals surface area contributed by atoms with Gasteiger partial charge in [-0.2, -0.15) is 0 Å². The molecule has 0 aliphatic heterocycles. The van der Waals surface area contributed by atoms with E-state index < -0.39 is 0 Å². The zero-order chi connectivity index (χ0) is 12.3. The van der Waals surface area contributed by atoms with Gasteiger partial charge in [0, 0.05) is 5.54 Å². The lowest BCUT2D eigenvalue weighted by Gasteiger charge is -2.35. The van der Waals surface area contributed by atoms with Crippen molar-refractivity contribution in [2.24, 2.45) is 0 Å². The van der Waals surface area contributed by atoms with Gasteiger partial charge < -0.3 is 5.32 Å². The van der Waals surface area contributed by atoms with Crippen molar-refractivity contribution in [2.45, 2.75) is 91.0 Å². The van der Waals surface area contributed by atoms with Gasteiger partial charge in [-0.1, -0.05) is 59.8 Å². The van der Waals surface area contributed by atoms with Crippen molar-refractivity contribution in [3.63, 3.8) is 0 Å². The van der Waals surface area contributed by atoms with E-state index >= 15 is 0 Å². The Balaban J connectivity index is 0. The fourth-order valence-electron chi connectivity index (χ4n) is 2.54. The molecule has 0 atom stereocenters. The average Bonchev–Trinajstić information content (AvgIpc) is 2.31. The predicted molar refractivity (Wildman–Crippen MR) is 77.5 cm³/mol. The second-order valence-electron chi connectivity index (χ2n) is 5.16. The number of hydrogen-bond acceptors (Lipinski definition) is 1. The summed E-state index contributed by atoms with van der Waals surface area (Å²) < 4.78 is 0. The lowest BCUT2D eigenvalue weighted by Crippen LogP contribution is -2.45. The number of nitrogens with one attached hydrogen (secondary N) is 1. The highest BCUT2D eigenvalue weighted by Gasteiger charge is 2.26. The van der Waals surface area contributed by atoms with Crippen LogP contribution in [-0.4, -0.2) is 12.1 Å². The number of unbranched alkanes of at least 4 members (excludes halogenated alkanes) is 2. The molecule has 0 saturated heterocycles. The van der Waals surface area contributed by atoms with E-state index in [1.54, 1.807) is 0 Å². The Labute approximate surface area is 108 Å². The molecular formula is C15H34FN. The van der Waals surface area contributed by atoms with Gasteiger partial charge in [0.05, 0.1) is 0 Å². The Kier molecular flexibility index (Phi) is 14.0. The lowest BCUT2D eigenvalue weighted by molar-refractivity contribution is 0.246. The summed E-state index contributed by atoms with van der Waals surface area (Å²) >= 11 is 0. The van der Waals surface area contributed by atoms with Gasteiger partial charge in [0.15, 0.2) is 0 Å². The van der Waals surface area contributed by atoms with Crippen LogP contribution in [0.5, 0.6) is 0 Å². The molecule has 0 heterocycles. The van der Waals surface area contributed by atoms with Crippen LogP contribution in [0.4, 0.5) is 4.70 Å². The fraction of sp³-hybridized carbons (Fsp3) is 1.00. The van der Waals surface area contributed by atoms with Gasteiger partial charge in [0.2, 0.25) is 0 Å². The van der Waals surface area contributed by atoms with Gasteiger partial charge in [-0.25, -0.2) is 0 Å². The van der Waals surface area contributed by atoms with Crippen LogP contribution < -0.4 is 5.32 Å². The molecule has 1 N–H and O–H groups in total. The molecule has 1 nitrogen and oxygen atoms in total. The zero-order valence-corrected chi connectivity index (χ0v) is 12.5. The third-order valence-electron chi connectivity index (χ3n) is 3.50. The summed E-state index contributed by atoms with van der Waals surface area (Å²) in [5, 5.41) is 3.85. The summed E-state index contributed by atoms with van der Waals surface area (Å²) in [6.45, 7) is 10.4. The van der Waals surface area contributed by atoms with E-state index in [9.17, 15) is 0 Å². The Morgan fingerprint density at radius 2 is 1.24 bits per heavy atom. The first-order chi connectivity index (χ1) is 7.74. The highest BCUT2D eigenvalue weighted by atomic mass is 19.0. The van der Waals surface area contributed by atoms with Crippen LogP contribution in [-0.2, 0) is 0 Å². The van der Waals surface area contributed by atoms with Gasteiger partial charge in [0.25, 0.3) is 0 Å². The SMILES string of the molecule is CCCCC(CCC)(CCCC)NCCC.F.